The van der Waals surface area contributed by atoms with Crippen molar-refractivity contribution in [1.29, 1.82) is 0 Å². The van der Waals surface area contributed by atoms with E-state index in [1.165, 1.54) is 62.9 Å². The number of likely N-dealkylation sites (tertiary alicyclic amines) is 1. The molecular weight excluding hydrogens is 442 g/mol. The summed E-state index contributed by atoms with van der Waals surface area (Å²) in [5.41, 5.74) is 0.466. The van der Waals surface area contributed by atoms with Crippen LogP contribution in [0.3, 0.4) is 0 Å². The van der Waals surface area contributed by atoms with Gasteiger partial charge < -0.3 is 19.9 Å². The van der Waals surface area contributed by atoms with E-state index >= 15 is 0 Å². The molecule has 204 valence electrons. The van der Waals surface area contributed by atoms with E-state index in [0.717, 1.165) is 12.0 Å². The molecule has 1 saturated carbocycles. The van der Waals surface area contributed by atoms with Gasteiger partial charge in [0.15, 0.2) is 0 Å². The maximum Gasteiger partial charge on any atom is 0.333 e. The molecule has 1 saturated heterocycles. The van der Waals surface area contributed by atoms with Crippen LogP contribution in [0, 0.1) is 11.8 Å². The predicted molar refractivity (Wildman–Crippen MR) is 144 cm³/mol. The van der Waals surface area contributed by atoms with Crippen molar-refractivity contribution in [2.24, 2.45) is 11.8 Å². The second-order valence-electron chi connectivity index (χ2n) is 10.6. The number of carbonyl (C=O) groups is 3. The van der Waals surface area contributed by atoms with E-state index in [1.807, 2.05) is 13.8 Å². The van der Waals surface area contributed by atoms with Crippen LogP contribution in [0.4, 0.5) is 0 Å². The summed E-state index contributed by atoms with van der Waals surface area (Å²) in [6, 6.07) is 0.746. The molecule has 2 amide bonds. The smallest absolute Gasteiger partial charge is 0.333 e. The maximum absolute atomic E-state index is 11.9. The lowest BCUT2D eigenvalue weighted by Crippen LogP contribution is -2.43. The van der Waals surface area contributed by atoms with Crippen molar-refractivity contribution in [2.45, 2.75) is 105 Å². The summed E-state index contributed by atoms with van der Waals surface area (Å²) in [5.74, 6) is 0.360. The Morgan fingerprint density at radius 3 is 2.03 bits per heavy atom. The lowest BCUT2D eigenvalue weighted by atomic mass is 10.00. The number of piperidine rings is 1. The monoisotopic (exact) mass is 495 g/mol. The van der Waals surface area contributed by atoms with Gasteiger partial charge in [0.2, 0.25) is 12.3 Å². The van der Waals surface area contributed by atoms with Crippen LogP contribution in [-0.4, -0.2) is 73.5 Å². The molecule has 1 atom stereocenters. The lowest BCUT2D eigenvalue weighted by Gasteiger charge is -2.31. The molecule has 0 unspecified atom stereocenters. The number of nitrogens with one attached hydrogen (secondary N) is 1. The molecular formula is C28H53N3O4. The van der Waals surface area contributed by atoms with E-state index < -0.39 is 0 Å². The van der Waals surface area contributed by atoms with Gasteiger partial charge in [0.05, 0.1) is 19.2 Å². The highest BCUT2D eigenvalue weighted by molar-refractivity contribution is 5.88. The quantitative estimate of drug-likeness (QED) is 0.282. The predicted octanol–water partition coefficient (Wildman–Crippen LogP) is 4.80. The molecule has 35 heavy (non-hydrogen) atoms. The van der Waals surface area contributed by atoms with Crippen molar-refractivity contribution < 1.29 is 19.1 Å². The summed E-state index contributed by atoms with van der Waals surface area (Å²) in [5, 5.41) is 2.34. The highest BCUT2D eigenvalue weighted by Gasteiger charge is 2.23. The summed E-state index contributed by atoms with van der Waals surface area (Å²) in [6.07, 6.45) is 12.5. The van der Waals surface area contributed by atoms with Crippen LogP contribution in [0.1, 0.15) is 93.4 Å². The third-order valence-electron chi connectivity index (χ3n) is 6.11. The van der Waals surface area contributed by atoms with Crippen molar-refractivity contribution in [3.8, 4) is 0 Å². The van der Waals surface area contributed by atoms with Gasteiger partial charge in [0.25, 0.3) is 0 Å². The van der Waals surface area contributed by atoms with E-state index in [-0.39, 0.29) is 30.4 Å². The second kappa shape index (κ2) is 19.3. The summed E-state index contributed by atoms with van der Waals surface area (Å²) in [7, 11) is 1.65. The highest BCUT2D eigenvalue weighted by Crippen LogP contribution is 2.25. The van der Waals surface area contributed by atoms with Crippen LogP contribution in [0.5, 0.6) is 0 Å². The van der Waals surface area contributed by atoms with E-state index in [0.29, 0.717) is 18.6 Å². The summed E-state index contributed by atoms with van der Waals surface area (Å²) < 4.78 is 4.92. The zero-order valence-corrected chi connectivity index (χ0v) is 23.8. The topological polar surface area (TPSA) is 79.0 Å². The molecule has 2 aliphatic rings. The third kappa shape index (κ3) is 15.0. The Morgan fingerprint density at radius 1 is 1.03 bits per heavy atom. The number of hydrogen-bond donors (Lipinski definition) is 1. The van der Waals surface area contributed by atoms with E-state index in [2.05, 4.69) is 31.0 Å². The summed E-state index contributed by atoms with van der Waals surface area (Å²) >= 11 is 0. The molecule has 0 aromatic heterocycles. The van der Waals surface area contributed by atoms with Crippen molar-refractivity contribution >= 4 is 18.3 Å². The van der Waals surface area contributed by atoms with Gasteiger partial charge in [-0.1, -0.05) is 60.0 Å². The molecule has 0 bridgehead atoms. The zero-order valence-electron chi connectivity index (χ0n) is 23.8. The Bertz CT molecular complexity index is 619. The normalized spacial score (nSPS) is 17.6. The molecule has 1 heterocycles. The Kier molecular flexibility index (Phi) is 18.3. The standard InChI is InChI=1S/C14H24N2O4.C10H19N.C4H10/c1-6-20-14(19)11(4)7-12(10(2)3)16(5)13(18)8-15-9-17;1-4-8-11(9-5-1)10-6-2-3-7-10;1-4(2)3/h7,9-10,12H,6,8H2,1-5H3,(H,15,17);10H,1-9H2;4H,1-3H3/b11-7+;;/t12-;;/m1../s1. The second-order valence-corrected chi connectivity index (χ2v) is 10.6. The first-order valence-corrected chi connectivity index (χ1v) is 13.6. The van der Waals surface area contributed by atoms with Gasteiger partial charge in [-0.05, 0) is 64.5 Å². The first kappa shape index (κ1) is 33.1. The number of nitrogens with zero attached hydrogens (tertiary/aromatic N) is 2. The average molecular weight is 496 g/mol. The van der Waals surface area contributed by atoms with Gasteiger partial charge in [-0.15, -0.1) is 0 Å². The first-order chi connectivity index (χ1) is 16.5. The van der Waals surface area contributed by atoms with Crippen LogP contribution in [0.2, 0.25) is 0 Å². The average Bonchev–Trinajstić information content (AvgIpc) is 3.36. The molecule has 2 rings (SSSR count). The Balaban J connectivity index is 0.000000634. The minimum Gasteiger partial charge on any atom is -0.463 e. The number of amides is 2. The maximum atomic E-state index is 11.9. The molecule has 1 aliphatic carbocycles. The fourth-order valence-electron chi connectivity index (χ4n) is 4.29. The van der Waals surface area contributed by atoms with Crippen molar-refractivity contribution in [3.05, 3.63) is 11.6 Å². The Labute approximate surface area is 215 Å². The van der Waals surface area contributed by atoms with Crippen LogP contribution < -0.4 is 5.32 Å². The lowest BCUT2D eigenvalue weighted by molar-refractivity contribution is -0.138. The van der Waals surface area contributed by atoms with E-state index in [4.69, 9.17) is 4.74 Å². The molecule has 0 spiro atoms. The minimum atomic E-state index is -0.384. The largest absolute Gasteiger partial charge is 0.463 e. The van der Waals surface area contributed by atoms with Crippen molar-refractivity contribution in [3.63, 3.8) is 0 Å². The van der Waals surface area contributed by atoms with E-state index in [1.54, 1.807) is 27.0 Å². The number of esters is 1. The Morgan fingerprint density at radius 2 is 1.57 bits per heavy atom. The van der Waals surface area contributed by atoms with Crippen molar-refractivity contribution in [2.75, 3.05) is 33.3 Å². The molecule has 2 fully saturated rings. The molecule has 7 heteroatoms. The Hall–Kier alpha value is -1.89. The molecule has 0 radical (unpaired) electrons. The number of likely N-dealkylation sites (N-methyl/N-ethyl adjacent to an activating group) is 1. The fraction of sp³-hybridized carbons (Fsp3) is 0.821. The van der Waals surface area contributed by atoms with Gasteiger partial charge in [0, 0.05) is 18.7 Å². The molecule has 7 nitrogen and oxygen atoms in total. The summed E-state index contributed by atoms with van der Waals surface area (Å²) in [4.78, 5) is 38.0. The van der Waals surface area contributed by atoms with Crippen LogP contribution in [0.15, 0.2) is 11.6 Å². The third-order valence-corrected chi connectivity index (χ3v) is 6.11. The van der Waals surface area contributed by atoms with Crippen LogP contribution >= 0.6 is 0 Å². The van der Waals surface area contributed by atoms with Gasteiger partial charge >= 0.3 is 5.97 Å². The number of hydrogen-bond acceptors (Lipinski definition) is 5. The zero-order chi connectivity index (χ0) is 26.8. The molecule has 1 aliphatic heterocycles. The van der Waals surface area contributed by atoms with Crippen molar-refractivity contribution in [1.82, 2.24) is 15.1 Å². The molecule has 0 aromatic rings. The number of carbonyl (C=O) groups excluding carboxylic acids is 3. The summed E-state index contributed by atoms with van der Waals surface area (Å²) in [6.45, 7) is 16.9. The first-order valence-electron chi connectivity index (χ1n) is 13.6. The van der Waals surface area contributed by atoms with E-state index in [9.17, 15) is 14.4 Å². The fourth-order valence-corrected chi connectivity index (χ4v) is 4.29. The molecule has 1 N–H and O–H groups in total. The minimum absolute atomic E-state index is 0.0600. The van der Waals surface area contributed by atoms with Crippen LogP contribution in [-0.2, 0) is 19.1 Å². The van der Waals surface area contributed by atoms with Gasteiger partial charge in [-0.2, -0.15) is 0 Å². The van der Waals surface area contributed by atoms with Gasteiger partial charge in [-0.3, -0.25) is 9.59 Å². The number of rotatable bonds is 9. The van der Waals surface area contributed by atoms with Gasteiger partial charge in [0.1, 0.15) is 0 Å². The molecule has 0 aromatic carbocycles. The SMILES string of the molecule is C1CCN(C2CCCC2)CC1.CC(C)C.CCOC(=O)/C(C)=C/[C@H](C(C)C)N(C)C(=O)CNC=O. The van der Waals surface area contributed by atoms with Crippen LogP contribution in [0.25, 0.3) is 0 Å². The highest BCUT2D eigenvalue weighted by atomic mass is 16.5. The number of ether oxygens (including phenoxy) is 1. The van der Waals surface area contributed by atoms with Gasteiger partial charge in [-0.25, -0.2) is 4.79 Å².